The second-order valence-corrected chi connectivity index (χ2v) is 5.83. The van der Waals surface area contributed by atoms with E-state index in [0.717, 1.165) is 19.5 Å². The molecule has 0 aromatic carbocycles. The van der Waals surface area contributed by atoms with Crippen molar-refractivity contribution in [2.45, 2.75) is 26.2 Å². The minimum atomic E-state index is -0.799. The van der Waals surface area contributed by atoms with Gasteiger partial charge >= 0.3 is 12.0 Å². The van der Waals surface area contributed by atoms with Crippen LogP contribution in [0.5, 0.6) is 0 Å². The molecule has 2 amide bonds. The first-order valence-corrected chi connectivity index (χ1v) is 7.58. The van der Waals surface area contributed by atoms with E-state index in [1.165, 1.54) is 12.8 Å². The molecule has 2 heterocycles. The van der Waals surface area contributed by atoms with E-state index in [-0.39, 0.29) is 12.6 Å². The molecule has 1 atom stereocenters. The molecule has 6 heteroatoms. The van der Waals surface area contributed by atoms with Crippen LogP contribution in [0.1, 0.15) is 26.2 Å². The molecule has 0 radical (unpaired) electrons. The fourth-order valence-electron chi connectivity index (χ4n) is 3.14. The Morgan fingerprint density at radius 1 is 1.10 bits per heavy atom. The van der Waals surface area contributed by atoms with Crippen molar-refractivity contribution >= 4 is 12.0 Å². The van der Waals surface area contributed by atoms with Crippen LogP contribution in [0.3, 0.4) is 0 Å². The molecule has 6 nitrogen and oxygen atoms in total. The van der Waals surface area contributed by atoms with E-state index >= 15 is 0 Å². The number of carbonyl (C=O) groups is 2. The van der Waals surface area contributed by atoms with E-state index in [2.05, 4.69) is 6.92 Å². The van der Waals surface area contributed by atoms with Crippen LogP contribution in [0, 0.1) is 5.92 Å². The summed E-state index contributed by atoms with van der Waals surface area (Å²) in [6.45, 7) is 6.62. The number of hydrogen-bond acceptors (Lipinski definition) is 3. The lowest BCUT2D eigenvalue weighted by atomic mass is 10.0. The normalized spacial score (nSPS) is 24.1. The van der Waals surface area contributed by atoms with Crippen molar-refractivity contribution in [1.82, 2.24) is 14.7 Å². The highest BCUT2D eigenvalue weighted by atomic mass is 16.4. The highest BCUT2D eigenvalue weighted by Gasteiger charge is 2.30. The smallest absolute Gasteiger partial charge is 0.320 e. The molecule has 0 saturated carbocycles. The monoisotopic (exact) mass is 283 g/mol. The molecule has 1 N–H and O–H groups in total. The Hall–Kier alpha value is -1.30. The van der Waals surface area contributed by atoms with E-state index in [9.17, 15) is 9.59 Å². The number of rotatable bonds is 4. The quantitative estimate of drug-likeness (QED) is 0.833. The van der Waals surface area contributed by atoms with Crippen molar-refractivity contribution in [1.29, 1.82) is 0 Å². The summed E-state index contributed by atoms with van der Waals surface area (Å²) >= 11 is 0. The summed E-state index contributed by atoms with van der Waals surface area (Å²) in [4.78, 5) is 28.8. The van der Waals surface area contributed by atoms with E-state index in [1.54, 1.807) is 0 Å². The molecule has 0 bridgehead atoms. The van der Waals surface area contributed by atoms with Crippen LogP contribution >= 0.6 is 0 Å². The Bertz CT molecular complexity index is 354. The van der Waals surface area contributed by atoms with Crippen molar-refractivity contribution in [2.24, 2.45) is 5.92 Å². The van der Waals surface area contributed by atoms with Crippen molar-refractivity contribution in [2.75, 3.05) is 45.8 Å². The number of hydrogen-bond donors (Lipinski definition) is 1. The summed E-state index contributed by atoms with van der Waals surface area (Å²) in [7, 11) is 0. The van der Waals surface area contributed by atoms with Crippen LogP contribution in [0.25, 0.3) is 0 Å². The van der Waals surface area contributed by atoms with Crippen LogP contribution in [0.4, 0.5) is 4.79 Å². The molecule has 2 fully saturated rings. The maximum Gasteiger partial charge on any atom is 0.320 e. The van der Waals surface area contributed by atoms with Gasteiger partial charge in [-0.25, -0.2) is 4.79 Å². The van der Waals surface area contributed by atoms with Gasteiger partial charge in [-0.05, 0) is 18.8 Å². The van der Waals surface area contributed by atoms with E-state index in [1.807, 2.05) is 14.7 Å². The molecular weight excluding hydrogens is 258 g/mol. The number of carboxylic acids is 1. The van der Waals surface area contributed by atoms with Gasteiger partial charge in [-0.3, -0.25) is 9.69 Å². The predicted molar refractivity (Wildman–Crippen MR) is 75.6 cm³/mol. The zero-order chi connectivity index (χ0) is 14.5. The van der Waals surface area contributed by atoms with Gasteiger partial charge in [0.2, 0.25) is 0 Å². The number of amides is 2. The Morgan fingerprint density at radius 3 is 2.40 bits per heavy atom. The summed E-state index contributed by atoms with van der Waals surface area (Å²) < 4.78 is 0. The van der Waals surface area contributed by atoms with Gasteiger partial charge in [0, 0.05) is 39.3 Å². The molecular formula is C14H25N3O3. The topological polar surface area (TPSA) is 64.1 Å². The fourth-order valence-corrected chi connectivity index (χ4v) is 3.14. The summed E-state index contributed by atoms with van der Waals surface area (Å²) in [5.41, 5.74) is 0. The maximum atomic E-state index is 12.4. The summed E-state index contributed by atoms with van der Waals surface area (Å²) in [6.07, 6.45) is 3.51. The molecule has 1 unspecified atom stereocenters. The molecule has 20 heavy (non-hydrogen) atoms. The average Bonchev–Trinajstić information content (AvgIpc) is 2.87. The average molecular weight is 283 g/mol. The van der Waals surface area contributed by atoms with Crippen LogP contribution in [-0.4, -0.2) is 77.6 Å². The largest absolute Gasteiger partial charge is 0.480 e. The highest BCUT2D eigenvalue weighted by Crippen LogP contribution is 2.22. The first-order chi connectivity index (χ1) is 9.60. The lowest BCUT2D eigenvalue weighted by molar-refractivity contribution is -0.138. The first-order valence-electron chi connectivity index (χ1n) is 7.58. The van der Waals surface area contributed by atoms with Gasteiger partial charge in [0.1, 0.15) is 0 Å². The Labute approximate surface area is 120 Å². The molecule has 0 aromatic rings. The zero-order valence-electron chi connectivity index (χ0n) is 12.3. The first kappa shape index (κ1) is 15.1. The third-order valence-corrected chi connectivity index (χ3v) is 4.25. The SMILES string of the molecule is CCCC1CCN(C(=O)N2CCN(CC(=O)O)CC2)C1. The Kier molecular flexibility index (Phi) is 5.23. The second kappa shape index (κ2) is 6.92. The number of aliphatic carboxylic acids is 1. The predicted octanol–water partition coefficient (Wildman–Crippen LogP) is 0.931. The van der Waals surface area contributed by atoms with Crippen molar-refractivity contribution in [3.8, 4) is 0 Å². The third-order valence-electron chi connectivity index (χ3n) is 4.25. The van der Waals surface area contributed by atoms with Gasteiger partial charge in [-0.2, -0.15) is 0 Å². The Balaban J connectivity index is 1.76. The Morgan fingerprint density at radius 2 is 1.80 bits per heavy atom. The number of likely N-dealkylation sites (tertiary alicyclic amines) is 1. The molecule has 114 valence electrons. The highest BCUT2D eigenvalue weighted by molar-refractivity contribution is 5.75. The standard InChI is InChI=1S/C14H25N3O3/c1-2-3-12-4-5-17(10-12)14(20)16-8-6-15(7-9-16)11-13(18)19/h12H,2-11H2,1H3,(H,18,19). The van der Waals surface area contributed by atoms with E-state index in [0.29, 0.717) is 32.1 Å². The molecule has 2 rings (SSSR count). The molecule has 2 aliphatic rings. The van der Waals surface area contributed by atoms with Crippen LogP contribution < -0.4 is 0 Å². The van der Waals surface area contributed by atoms with E-state index in [4.69, 9.17) is 5.11 Å². The van der Waals surface area contributed by atoms with Gasteiger partial charge in [0.05, 0.1) is 6.54 Å². The van der Waals surface area contributed by atoms with Gasteiger partial charge in [0.25, 0.3) is 0 Å². The number of nitrogens with zero attached hydrogens (tertiary/aromatic N) is 3. The number of piperazine rings is 1. The van der Waals surface area contributed by atoms with Crippen molar-refractivity contribution in [3.63, 3.8) is 0 Å². The minimum Gasteiger partial charge on any atom is -0.480 e. The number of urea groups is 1. The van der Waals surface area contributed by atoms with Crippen molar-refractivity contribution < 1.29 is 14.7 Å². The number of carbonyl (C=O) groups excluding carboxylic acids is 1. The third kappa shape index (κ3) is 3.85. The van der Waals surface area contributed by atoms with Gasteiger partial charge in [-0.15, -0.1) is 0 Å². The molecule has 0 spiro atoms. The summed E-state index contributed by atoms with van der Waals surface area (Å²) in [5, 5.41) is 8.76. The van der Waals surface area contributed by atoms with Crippen LogP contribution in [-0.2, 0) is 4.79 Å². The number of carboxylic acid groups (broad SMARTS) is 1. The van der Waals surface area contributed by atoms with E-state index < -0.39 is 5.97 Å². The fraction of sp³-hybridized carbons (Fsp3) is 0.857. The maximum absolute atomic E-state index is 12.4. The summed E-state index contributed by atoms with van der Waals surface area (Å²) in [6, 6.07) is 0.138. The second-order valence-electron chi connectivity index (χ2n) is 5.83. The van der Waals surface area contributed by atoms with Crippen LogP contribution in [0.2, 0.25) is 0 Å². The van der Waals surface area contributed by atoms with Gasteiger partial charge in [-0.1, -0.05) is 13.3 Å². The zero-order valence-corrected chi connectivity index (χ0v) is 12.3. The molecule has 0 aromatic heterocycles. The summed E-state index contributed by atoms with van der Waals surface area (Å²) in [5.74, 6) is -0.135. The molecule has 0 aliphatic carbocycles. The lowest BCUT2D eigenvalue weighted by Crippen LogP contribution is -2.53. The minimum absolute atomic E-state index is 0.0737. The molecule has 2 aliphatic heterocycles. The van der Waals surface area contributed by atoms with Gasteiger partial charge < -0.3 is 14.9 Å². The molecule has 2 saturated heterocycles. The lowest BCUT2D eigenvalue weighted by Gasteiger charge is -2.36. The van der Waals surface area contributed by atoms with Crippen molar-refractivity contribution in [3.05, 3.63) is 0 Å². The van der Waals surface area contributed by atoms with Gasteiger partial charge in [0.15, 0.2) is 0 Å². The van der Waals surface area contributed by atoms with Crippen LogP contribution in [0.15, 0.2) is 0 Å².